The monoisotopic (exact) mass is 307 g/mol. The summed E-state index contributed by atoms with van der Waals surface area (Å²) in [5.74, 6) is 0. The fourth-order valence-electron chi connectivity index (χ4n) is 2.33. The molecule has 1 atom stereocenters. The van der Waals surface area contributed by atoms with E-state index in [1.807, 2.05) is 22.7 Å². The van der Waals surface area contributed by atoms with Crippen molar-refractivity contribution in [1.29, 1.82) is 0 Å². The summed E-state index contributed by atoms with van der Waals surface area (Å²) in [6.07, 6.45) is 1.11. The molecule has 1 nitrogen and oxygen atoms in total. The van der Waals surface area contributed by atoms with Crippen molar-refractivity contribution in [2.45, 2.75) is 52.5 Å². The zero-order valence-electron chi connectivity index (χ0n) is 13.1. The minimum absolute atomic E-state index is 0.239. The van der Waals surface area contributed by atoms with Crippen LogP contribution in [0.4, 0.5) is 0 Å². The highest BCUT2D eigenvalue weighted by molar-refractivity contribution is 7.13. The smallest absolute Gasteiger partial charge is 0.0767 e. The van der Waals surface area contributed by atoms with Gasteiger partial charge in [-0.05, 0) is 47.5 Å². The number of rotatable bonds is 5. The van der Waals surface area contributed by atoms with Gasteiger partial charge in [-0.3, -0.25) is 0 Å². The van der Waals surface area contributed by atoms with Gasteiger partial charge in [0.1, 0.15) is 0 Å². The summed E-state index contributed by atoms with van der Waals surface area (Å²) in [7, 11) is 0. The molecule has 2 aromatic heterocycles. The van der Waals surface area contributed by atoms with Gasteiger partial charge in [-0.15, -0.1) is 22.7 Å². The Kier molecular flexibility index (Phi) is 5.05. The van der Waals surface area contributed by atoms with Gasteiger partial charge in [0.05, 0.1) is 6.04 Å². The summed E-state index contributed by atoms with van der Waals surface area (Å²) in [5, 5.41) is 5.88. The Bertz CT molecular complexity index is 545. The second-order valence-corrected chi connectivity index (χ2v) is 8.17. The summed E-state index contributed by atoms with van der Waals surface area (Å²) in [4.78, 5) is 4.38. The molecule has 0 spiro atoms. The first kappa shape index (κ1) is 15.7. The maximum Gasteiger partial charge on any atom is 0.0767 e. The summed E-state index contributed by atoms with van der Waals surface area (Å²) in [6, 6.07) is 7.22. The largest absolute Gasteiger partial charge is 0.305 e. The van der Waals surface area contributed by atoms with Crippen LogP contribution in [-0.4, -0.2) is 6.54 Å². The zero-order chi connectivity index (χ0) is 14.8. The number of hydrogen-bond acceptors (Lipinski definition) is 3. The summed E-state index contributed by atoms with van der Waals surface area (Å²) in [6.45, 7) is 12.3. The molecule has 0 bridgehead atoms. The molecular formula is C17H25NS2. The maximum absolute atomic E-state index is 3.66. The third-order valence-electron chi connectivity index (χ3n) is 3.48. The Labute approximate surface area is 131 Å². The van der Waals surface area contributed by atoms with Crippen LogP contribution in [0, 0.1) is 0 Å². The molecule has 0 radical (unpaired) electrons. The second kappa shape index (κ2) is 6.42. The highest BCUT2D eigenvalue weighted by Gasteiger charge is 2.22. The molecule has 0 saturated heterocycles. The zero-order valence-corrected chi connectivity index (χ0v) is 14.8. The average molecular weight is 308 g/mol. The van der Waals surface area contributed by atoms with Gasteiger partial charge in [0.25, 0.3) is 0 Å². The third kappa shape index (κ3) is 3.33. The van der Waals surface area contributed by atoms with Crippen molar-refractivity contribution in [3.8, 4) is 0 Å². The number of nitrogens with one attached hydrogen (secondary N) is 1. The van der Waals surface area contributed by atoms with E-state index in [0.29, 0.717) is 6.04 Å². The SMILES string of the molecule is CCNC(c1ccc(C(C)(C)C)s1)c1sccc1CC. The lowest BCUT2D eigenvalue weighted by Gasteiger charge is -2.18. The van der Waals surface area contributed by atoms with Crippen molar-refractivity contribution in [1.82, 2.24) is 5.32 Å². The van der Waals surface area contributed by atoms with Gasteiger partial charge >= 0.3 is 0 Å². The summed E-state index contributed by atoms with van der Waals surface area (Å²) in [5.41, 5.74) is 1.72. The van der Waals surface area contributed by atoms with Crippen molar-refractivity contribution in [3.05, 3.63) is 43.8 Å². The molecule has 0 fully saturated rings. The van der Waals surface area contributed by atoms with Gasteiger partial charge in [0.15, 0.2) is 0 Å². The Balaban J connectivity index is 2.36. The van der Waals surface area contributed by atoms with E-state index in [2.05, 4.69) is 63.5 Å². The molecule has 1 unspecified atom stereocenters. The highest BCUT2D eigenvalue weighted by Crippen LogP contribution is 2.37. The lowest BCUT2D eigenvalue weighted by molar-refractivity contribution is 0.604. The predicted octanol–water partition coefficient (Wildman–Crippen LogP) is 5.37. The predicted molar refractivity (Wildman–Crippen MR) is 92.2 cm³/mol. The van der Waals surface area contributed by atoms with Crippen LogP contribution in [0.1, 0.15) is 60.9 Å². The molecule has 110 valence electrons. The van der Waals surface area contributed by atoms with Gasteiger partial charge in [-0.25, -0.2) is 0 Å². The molecule has 20 heavy (non-hydrogen) atoms. The fraction of sp³-hybridized carbons (Fsp3) is 0.529. The van der Waals surface area contributed by atoms with Crippen LogP contribution >= 0.6 is 22.7 Å². The lowest BCUT2D eigenvalue weighted by Crippen LogP contribution is -2.21. The van der Waals surface area contributed by atoms with E-state index < -0.39 is 0 Å². The first-order chi connectivity index (χ1) is 9.47. The van der Waals surface area contributed by atoms with Crippen molar-refractivity contribution in [2.75, 3.05) is 6.54 Å². The number of hydrogen-bond donors (Lipinski definition) is 1. The van der Waals surface area contributed by atoms with E-state index in [0.717, 1.165) is 13.0 Å². The standard InChI is InChI=1S/C17H25NS2/c1-6-12-10-11-19-16(12)15(18-7-2)13-8-9-14(20-13)17(3,4)5/h8-11,15,18H,6-7H2,1-5H3. The van der Waals surface area contributed by atoms with Crippen LogP contribution < -0.4 is 5.32 Å². The molecule has 2 rings (SSSR count). The van der Waals surface area contributed by atoms with Crippen LogP contribution in [0.5, 0.6) is 0 Å². The van der Waals surface area contributed by atoms with Crippen molar-refractivity contribution in [2.24, 2.45) is 0 Å². The first-order valence-corrected chi connectivity index (χ1v) is 9.06. The number of aryl methyl sites for hydroxylation is 1. The summed E-state index contributed by atoms with van der Waals surface area (Å²) >= 11 is 3.83. The molecule has 0 aliphatic heterocycles. The molecule has 0 aliphatic carbocycles. The quantitative estimate of drug-likeness (QED) is 0.783. The van der Waals surface area contributed by atoms with Crippen molar-refractivity contribution >= 4 is 22.7 Å². The molecular weight excluding hydrogens is 282 g/mol. The molecule has 0 aromatic carbocycles. The Morgan fingerprint density at radius 3 is 2.45 bits per heavy atom. The van der Waals surface area contributed by atoms with Crippen LogP contribution in [0.25, 0.3) is 0 Å². The van der Waals surface area contributed by atoms with Gasteiger partial charge in [0.2, 0.25) is 0 Å². The van der Waals surface area contributed by atoms with E-state index in [1.54, 1.807) is 0 Å². The van der Waals surface area contributed by atoms with E-state index in [9.17, 15) is 0 Å². The van der Waals surface area contributed by atoms with E-state index >= 15 is 0 Å². The fourth-order valence-corrected chi connectivity index (χ4v) is 4.65. The normalized spacial score (nSPS) is 13.7. The first-order valence-electron chi connectivity index (χ1n) is 7.37. The van der Waals surface area contributed by atoms with Gasteiger partial charge in [-0.2, -0.15) is 0 Å². The molecule has 0 amide bonds. The molecule has 0 aliphatic rings. The van der Waals surface area contributed by atoms with Crippen molar-refractivity contribution < 1.29 is 0 Å². The minimum atomic E-state index is 0.239. The van der Waals surface area contributed by atoms with Crippen LogP contribution in [0.3, 0.4) is 0 Å². The van der Waals surface area contributed by atoms with Crippen LogP contribution in [0.2, 0.25) is 0 Å². The maximum atomic E-state index is 3.66. The molecule has 2 heterocycles. The van der Waals surface area contributed by atoms with Crippen LogP contribution in [-0.2, 0) is 11.8 Å². The Morgan fingerprint density at radius 1 is 1.15 bits per heavy atom. The van der Waals surface area contributed by atoms with Gasteiger partial charge < -0.3 is 5.32 Å². The topological polar surface area (TPSA) is 12.0 Å². The third-order valence-corrected chi connectivity index (χ3v) is 6.08. The molecule has 3 heteroatoms. The number of thiophene rings is 2. The van der Waals surface area contributed by atoms with Crippen molar-refractivity contribution in [3.63, 3.8) is 0 Å². The molecule has 1 N–H and O–H groups in total. The molecule has 2 aromatic rings. The minimum Gasteiger partial charge on any atom is -0.305 e. The highest BCUT2D eigenvalue weighted by atomic mass is 32.1. The Morgan fingerprint density at radius 2 is 1.90 bits per heavy atom. The summed E-state index contributed by atoms with van der Waals surface area (Å²) < 4.78 is 0. The van der Waals surface area contributed by atoms with Crippen LogP contribution in [0.15, 0.2) is 23.6 Å². The average Bonchev–Trinajstić information content (AvgIpc) is 3.04. The lowest BCUT2D eigenvalue weighted by atomic mass is 9.95. The Hall–Kier alpha value is -0.640. The van der Waals surface area contributed by atoms with E-state index in [4.69, 9.17) is 0 Å². The van der Waals surface area contributed by atoms with E-state index in [1.165, 1.54) is 20.2 Å². The second-order valence-electron chi connectivity index (χ2n) is 6.11. The van der Waals surface area contributed by atoms with Gasteiger partial charge in [-0.1, -0.05) is 34.6 Å². The van der Waals surface area contributed by atoms with Gasteiger partial charge in [0, 0.05) is 14.6 Å². The molecule has 0 saturated carbocycles. The van der Waals surface area contributed by atoms with E-state index in [-0.39, 0.29) is 5.41 Å².